The molecule has 10 heteroatoms. The first-order chi connectivity index (χ1) is 14.7. The van der Waals surface area contributed by atoms with Crippen molar-refractivity contribution in [1.29, 1.82) is 0 Å². The molecule has 2 aromatic heterocycles. The Kier molecular flexibility index (Phi) is 5.24. The van der Waals surface area contributed by atoms with Gasteiger partial charge in [0.15, 0.2) is 11.9 Å². The Hall–Kier alpha value is -3.30. The van der Waals surface area contributed by atoms with Gasteiger partial charge in [-0.1, -0.05) is 0 Å². The molecule has 0 aromatic carbocycles. The molecule has 0 spiro atoms. The largest absolute Gasteiger partial charge is 0.453 e. The second-order valence-corrected chi connectivity index (χ2v) is 8.12. The van der Waals surface area contributed by atoms with Crippen LogP contribution in [0.3, 0.4) is 0 Å². The van der Waals surface area contributed by atoms with E-state index in [1.165, 1.54) is 29.8 Å². The summed E-state index contributed by atoms with van der Waals surface area (Å²) in [5.41, 5.74) is 0.179. The van der Waals surface area contributed by atoms with Crippen LogP contribution in [0.1, 0.15) is 13.8 Å². The third kappa shape index (κ3) is 3.77. The fraction of sp³-hybridized carbons (Fsp3) is 0.476. The Labute approximate surface area is 178 Å². The molecule has 9 nitrogen and oxygen atoms in total. The van der Waals surface area contributed by atoms with E-state index in [4.69, 9.17) is 4.74 Å². The van der Waals surface area contributed by atoms with Gasteiger partial charge in [0.2, 0.25) is 5.95 Å². The molecule has 0 N–H and O–H groups in total. The van der Waals surface area contributed by atoms with Crippen LogP contribution in [0.15, 0.2) is 29.3 Å². The van der Waals surface area contributed by atoms with Crippen molar-refractivity contribution in [1.82, 2.24) is 19.4 Å². The van der Waals surface area contributed by atoms with Crippen LogP contribution in [-0.4, -0.2) is 63.6 Å². The van der Waals surface area contributed by atoms with Gasteiger partial charge in [0.05, 0.1) is 11.9 Å². The highest BCUT2D eigenvalue weighted by atomic mass is 19.1. The summed E-state index contributed by atoms with van der Waals surface area (Å²) in [7, 11) is 3.48. The van der Waals surface area contributed by atoms with Gasteiger partial charge in [0, 0.05) is 69.8 Å². The molecular weight excluding hydrogens is 405 g/mol. The van der Waals surface area contributed by atoms with Crippen LogP contribution in [0.5, 0.6) is 0 Å². The molecule has 3 atom stereocenters. The summed E-state index contributed by atoms with van der Waals surface area (Å²) in [5, 5.41) is 0. The van der Waals surface area contributed by atoms with Crippen LogP contribution in [0.4, 0.5) is 10.3 Å². The fourth-order valence-electron chi connectivity index (χ4n) is 4.50. The first-order valence-corrected chi connectivity index (χ1v) is 10.1. The molecule has 2 fully saturated rings. The average Bonchev–Trinajstić information content (AvgIpc) is 3.21. The number of likely N-dealkylation sites (tertiary alicyclic amines) is 1. The number of anilines is 1. The van der Waals surface area contributed by atoms with Crippen LogP contribution in [0.2, 0.25) is 0 Å². The predicted octanol–water partition coefficient (Wildman–Crippen LogP) is 0.826. The highest BCUT2D eigenvalue weighted by Gasteiger charge is 2.59. The zero-order chi connectivity index (χ0) is 22.4. The molecule has 1 saturated heterocycles. The lowest BCUT2D eigenvalue weighted by Crippen LogP contribution is -2.42. The van der Waals surface area contributed by atoms with Crippen molar-refractivity contribution in [3.63, 3.8) is 0 Å². The number of ether oxygens (including phenoxy) is 1. The molecule has 4 rings (SSSR count). The number of fused-ring (bicyclic) bond motifs is 1. The van der Waals surface area contributed by atoms with Crippen molar-refractivity contribution in [2.45, 2.75) is 26.0 Å². The van der Waals surface area contributed by atoms with Crippen LogP contribution in [0, 0.1) is 17.7 Å². The van der Waals surface area contributed by atoms with E-state index in [0.717, 1.165) is 6.20 Å². The van der Waals surface area contributed by atoms with E-state index in [2.05, 4.69) is 9.97 Å². The molecule has 2 unspecified atom stereocenters. The van der Waals surface area contributed by atoms with Crippen molar-refractivity contribution < 1.29 is 18.7 Å². The minimum atomic E-state index is -0.805. The zero-order valence-corrected chi connectivity index (χ0v) is 17.8. The van der Waals surface area contributed by atoms with E-state index in [1.807, 2.05) is 11.9 Å². The molecule has 2 aromatic rings. The van der Waals surface area contributed by atoms with Crippen molar-refractivity contribution in [2.75, 3.05) is 25.0 Å². The van der Waals surface area contributed by atoms with Crippen molar-refractivity contribution in [3.8, 4) is 11.3 Å². The number of aromatic nitrogens is 3. The number of carbonyl (C=O) groups excluding carboxylic acids is 2. The molecule has 1 amide bonds. The van der Waals surface area contributed by atoms with E-state index < -0.39 is 17.9 Å². The number of hydrogen-bond donors (Lipinski definition) is 0. The summed E-state index contributed by atoms with van der Waals surface area (Å²) in [6, 6.07) is 2.91. The summed E-state index contributed by atoms with van der Waals surface area (Å²) in [6.07, 6.45) is 1.74. The fourth-order valence-corrected chi connectivity index (χ4v) is 4.50. The number of nitrogens with zero attached hydrogens (tertiary/aromatic N) is 5. The predicted molar refractivity (Wildman–Crippen MR) is 110 cm³/mol. The molecular formula is C21H24FN5O4. The van der Waals surface area contributed by atoms with E-state index in [1.54, 1.807) is 18.9 Å². The molecule has 3 heterocycles. The summed E-state index contributed by atoms with van der Waals surface area (Å²) in [5.74, 6) is -0.335. The number of piperidine rings is 1. The van der Waals surface area contributed by atoms with Gasteiger partial charge in [0.1, 0.15) is 0 Å². The molecule has 164 valence electrons. The lowest BCUT2D eigenvalue weighted by molar-refractivity contribution is -0.157. The second kappa shape index (κ2) is 7.75. The van der Waals surface area contributed by atoms with Crippen LogP contribution in [-0.2, 0) is 21.4 Å². The smallest absolute Gasteiger partial charge is 0.303 e. The summed E-state index contributed by atoms with van der Waals surface area (Å²) >= 11 is 0. The first-order valence-electron chi connectivity index (χ1n) is 10.1. The van der Waals surface area contributed by atoms with E-state index >= 15 is 0 Å². The van der Waals surface area contributed by atoms with Crippen LogP contribution < -0.4 is 10.5 Å². The minimum absolute atomic E-state index is 0.115. The highest BCUT2D eigenvalue weighted by molar-refractivity contribution is 5.83. The Balaban J connectivity index is 1.51. The second-order valence-electron chi connectivity index (χ2n) is 8.12. The minimum Gasteiger partial charge on any atom is -0.453 e. The van der Waals surface area contributed by atoms with E-state index in [0.29, 0.717) is 19.0 Å². The number of pyridine rings is 1. The molecule has 31 heavy (non-hydrogen) atoms. The Morgan fingerprint density at radius 2 is 2.00 bits per heavy atom. The lowest BCUT2D eigenvalue weighted by Gasteiger charge is -2.27. The van der Waals surface area contributed by atoms with E-state index in [9.17, 15) is 18.8 Å². The van der Waals surface area contributed by atoms with Gasteiger partial charge in [-0.05, 0) is 13.0 Å². The van der Waals surface area contributed by atoms with Gasteiger partial charge in [-0.25, -0.2) is 9.37 Å². The number of rotatable bonds is 5. The molecule has 1 aliphatic carbocycles. The third-order valence-corrected chi connectivity index (χ3v) is 6.07. The Bertz CT molecular complexity index is 1090. The molecule has 0 bridgehead atoms. The number of hydrogen-bond acceptors (Lipinski definition) is 7. The molecule has 0 radical (unpaired) electrons. The van der Waals surface area contributed by atoms with Crippen LogP contribution >= 0.6 is 0 Å². The number of halogens is 1. The number of amides is 1. The lowest BCUT2D eigenvalue weighted by atomic mass is 10.2. The average molecular weight is 429 g/mol. The normalized spacial score (nSPS) is 22.6. The van der Waals surface area contributed by atoms with Gasteiger partial charge in [-0.2, -0.15) is 0 Å². The SMILES string of the molecule is CC(=O)O[C@@H](C)C(=O)N1CC2C(C1)C2N(C)c1nc(-c2ccncc2F)cc(=O)n1C. The summed E-state index contributed by atoms with van der Waals surface area (Å²) in [6.45, 7) is 3.95. The van der Waals surface area contributed by atoms with E-state index in [-0.39, 0.29) is 40.6 Å². The number of esters is 1. The molecule has 2 aliphatic rings. The monoisotopic (exact) mass is 429 g/mol. The van der Waals surface area contributed by atoms with Gasteiger partial charge >= 0.3 is 5.97 Å². The van der Waals surface area contributed by atoms with Gasteiger partial charge < -0.3 is 14.5 Å². The summed E-state index contributed by atoms with van der Waals surface area (Å²) in [4.78, 5) is 48.0. The quantitative estimate of drug-likeness (QED) is 0.650. The maximum Gasteiger partial charge on any atom is 0.303 e. The van der Waals surface area contributed by atoms with Gasteiger partial charge in [-0.15, -0.1) is 0 Å². The standard InChI is InChI=1S/C21H24FN5O4/c1-11(31-12(2)28)20(30)27-9-14-15(10-27)19(14)26(4)21-24-17(7-18(29)25(21)3)13-5-6-23-8-16(13)22/h5-8,11,14-15,19H,9-10H2,1-4H3/t11-,14?,15?,19?/m0/s1. The molecule has 1 saturated carbocycles. The maximum atomic E-state index is 14.2. The van der Waals surface area contributed by atoms with Crippen molar-refractivity contribution in [2.24, 2.45) is 18.9 Å². The first kappa shape index (κ1) is 21.0. The Morgan fingerprint density at radius 1 is 1.32 bits per heavy atom. The zero-order valence-electron chi connectivity index (χ0n) is 17.8. The Morgan fingerprint density at radius 3 is 2.61 bits per heavy atom. The topological polar surface area (TPSA) is 97.6 Å². The molecule has 1 aliphatic heterocycles. The highest BCUT2D eigenvalue weighted by Crippen LogP contribution is 2.49. The van der Waals surface area contributed by atoms with Crippen molar-refractivity contribution in [3.05, 3.63) is 40.7 Å². The van der Waals surface area contributed by atoms with Gasteiger partial charge in [0.25, 0.3) is 11.5 Å². The van der Waals surface area contributed by atoms with Crippen LogP contribution in [0.25, 0.3) is 11.3 Å². The summed E-state index contributed by atoms with van der Waals surface area (Å²) < 4.78 is 20.6. The van der Waals surface area contributed by atoms with Crippen molar-refractivity contribution >= 4 is 17.8 Å². The van der Waals surface area contributed by atoms with Gasteiger partial charge in [-0.3, -0.25) is 23.9 Å². The number of carbonyl (C=O) groups is 2. The maximum absolute atomic E-state index is 14.2. The third-order valence-electron chi connectivity index (χ3n) is 6.07.